The molecule has 4 atom stereocenters. The molecule has 1 aliphatic rings. The van der Waals surface area contributed by atoms with Gasteiger partial charge in [0.25, 0.3) is 0 Å². The molecule has 5 rings (SSSR count). The molecule has 0 spiro atoms. The number of hydrogen-bond acceptors (Lipinski definition) is 7. The first kappa shape index (κ1) is 20.1. The van der Waals surface area contributed by atoms with Crippen LogP contribution in [0, 0.1) is 0 Å². The number of nitrogens with zero attached hydrogens (tertiary/aromatic N) is 4. The van der Waals surface area contributed by atoms with E-state index in [4.69, 9.17) is 16.3 Å². The molecule has 0 aliphatic carbocycles. The fraction of sp³-hybridized carbons (Fsp3) is 0.318. The van der Waals surface area contributed by atoms with Gasteiger partial charge < -0.3 is 24.8 Å². The van der Waals surface area contributed by atoms with Crippen LogP contribution in [0.5, 0.6) is 0 Å². The van der Waals surface area contributed by atoms with E-state index in [-0.39, 0.29) is 0 Å². The topological polar surface area (TPSA) is 105 Å². The smallest absolute Gasteiger partial charge is 0.164 e. The number of ether oxygens (including phenoxy) is 1. The zero-order chi connectivity index (χ0) is 21.5. The first-order chi connectivity index (χ1) is 15.0. The average molecular weight is 440 g/mol. The zero-order valence-corrected chi connectivity index (χ0v) is 17.6. The van der Waals surface area contributed by atoms with Gasteiger partial charge >= 0.3 is 0 Å². The Labute approximate surface area is 183 Å². The van der Waals surface area contributed by atoms with Crippen LogP contribution >= 0.6 is 11.6 Å². The van der Waals surface area contributed by atoms with E-state index in [0.717, 1.165) is 22.3 Å². The molecule has 1 aromatic carbocycles. The van der Waals surface area contributed by atoms with Gasteiger partial charge in [-0.1, -0.05) is 23.7 Å². The number of nitrogens with one attached hydrogen (secondary N) is 1. The Morgan fingerprint density at radius 2 is 1.97 bits per heavy atom. The second-order valence-corrected chi connectivity index (χ2v) is 8.04. The molecule has 1 fully saturated rings. The monoisotopic (exact) mass is 439 g/mol. The van der Waals surface area contributed by atoms with Crippen molar-refractivity contribution in [1.29, 1.82) is 0 Å². The fourth-order valence-corrected chi connectivity index (χ4v) is 4.30. The van der Waals surface area contributed by atoms with Gasteiger partial charge in [-0.25, -0.2) is 15.0 Å². The Hall–Kier alpha value is -2.78. The summed E-state index contributed by atoms with van der Waals surface area (Å²) in [6, 6.07) is 11.9. The summed E-state index contributed by atoms with van der Waals surface area (Å²) in [5, 5.41) is 26.4. The van der Waals surface area contributed by atoms with Crippen molar-refractivity contribution in [2.24, 2.45) is 0 Å². The number of rotatable bonds is 5. The number of aliphatic hydroxyl groups excluding tert-OH is 2. The van der Waals surface area contributed by atoms with Gasteiger partial charge in [-0.15, -0.1) is 0 Å². The lowest BCUT2D eigenvalue weighted by molar-refractivity contribution is -0.0364. The molecule has 0 radical (unpaired) electrons. The predicted octanol–water partition coefficient (Wildman–Crippen LogP) is 2.93. The van der Waals surface area contributed by atoms with Crippen LogP contribution in [0.1, 0.15) is 18.2 Å². The molecule has 9 heteroatoms. The SMILES string of the molecule is CNc1ccc2ccc(CC[C@H]3O[C@@H](n4ccc5c(Cl)ncnc54)[C@H](O)[C@@H]3O)cc2n1. The number of anilines is 1. The lowest BCUT2D eigenvalue weighted by Gasteiger charge is -2.17. The molecule has 4 aromatic rings. The van der Waals surface area contributed by atoms with E-state index >= 15 is 0 Å². The van der Waals surface area contributed by atoms with Gasteiger partial charge in [0, 0.05) is 18.6 Å². The van der Waals surface area contributed by atoms with Crippen molar-refractivity contribution in [3.05, 3.63) is 59.6 Å². The van der Waals surface area contributed by atoms with E-state index in [1.165, 1.54) is 6.33 Å². The van der Waals surface area contributed by atoms with Crippen LogP contribution in [0.4, 0.5) is 5.82 Å². The van der Waals surface area contributed by atoms with Crippen LogP contribution in [-0.2, 0) is 11.2 Å². The third kappa shape index (κ3) is 3.61. The molecule has 0 amide bonds. The second-order valence-electron chi connectivity index (χ2n) is 7.68. The minimum absolute atomic E-state index is 0.333. The number of aliphatic hydroxyl groups is 2. The number of pyridine rings is 1. The van der Waals surface area contributed by atoms with E-state index < -0.39 is 24.5 Å². The van der Waals surface area contributed by atoms with E-state index in [1.54, 1.807) is 16.8 Å². The highest BCUT2D eigenvalue weighted by molar-refractivity contribution is 6.33. The number of aromatic nitrogens is 4. The molecular weight excluding hydrogens is 418 g/mol. The van der Waals surface area contributed by atoms with Gasteiger partial charge in [-0.2, -0.15) is 0 Å². The summed E-state index contributed by atoms with van der Waals surface area (Å²) in [6.45, 7) is 0. The third-order valence-corrected chi connectivity index (χ3v) is 6.10. The maximum atomic E-state index is 10.6. The summed E-state index contributed by atoms with van der Waals surface area (Å²) >= 11 is 6.12. The van der Waals surface area contributed by atoms with E-state index in [0.29, 0.717) is 29.0 Å². The summed E-state index contributed by atoms with van der Waals surface area (Å²) in [5.74, 6) is 0.813. The minimum Gasteiger partial charge on any atom is -0.388 e. The van der Waals surface area contributed by atoms with E-state index in [2.05, 4.69) is 26.3 Å². The van der Waals surface area contributed by atoms with Gasteiger partial charge in [0.2, 0.25) is 0 Å². The molecule has 0 saturated carbocycles. The van der Waals surface area contributed by atoms with Crippen molar-refractivity contribution in [2.75, 3.05) is 12.4 Å². The standard InChI is InChI=1S/C22H22ClN5O3/c1-24-17-7-5-13-4-2-12(10-15(13)27-17)3-6-16-18(29)19(30)22(31-16)28-9-8-14-20(23)25-11-26-21(14)28/h2,4-5,7-11,16,18-19,22,29-30H,3,6H2,1H3,(H,24,27)/t16-,18-,19-,22-/m1/s1. The lowest BCUT2D eigenvalue weighted by Crippen LogP contribution is -2.31. The maximum absolute atomic E-state index is 10.6. The van der Waals surface area contributed by atoms with Crippen LogP contribution < -0.4 is 5.32 Å². The highest BCUT2D eigenvalue weighted by Gasteiger charge is 2.43. The van der Waals surface area contributed by atoms with Gasteiger partial charge in [-0.05, 0) is 42.7 Å². The molecule has 0 unspecified atom stereocenters. The van der Waals surface area contributed by atoms with E-state index in [9.17, 15) is 10.2 Å². The maximum Gasteiger partial charge on any atom is 0.164 e. The van der Waals surface area contributed by atoms with E-state index in [1.807, 2.05) is 31.3 Å². The van der Waals surface area contributed by atoms with Gasteiger partial charge in [-0.3, -0.25) is 0 Å². The van der Waals surface area contributed by atoms with Crippen molar-refractivity contribution in [3.63, 3.8) is 0 Å². The molecule has 8 nitrogen and oxygen atoms in total. The van der Waals surface area contributed by atoms with Crippen molar-refractivity contribution >= 4 is 39.4 Å². The number of fused-ring (bicyclic) bond motifs is 2. The van der Waals surface area contributed by atoms with Crippen LogP contribution in [0.2, 0.25) is 5.15 Å². The Morgan fingerprint density at radius 3 is 2.81 bits per heavy atom. The van der Waals surface area contributed by atoms with Crippen LogP contribution in [0.15, 0.2) is 48.9 Å². The third-order valence-electron chi connectivity index (χ3n) is 5.80. The first-order valence-electron chi connectivity index (χ1n) is 10.1. The molecule has 1 aliphatic heterocycles. The van der Waals surface area contributed by atoms with Crippen molar-refractivity contribution in [1.82, 2.24) is 19.5 Å². The van der Waals surface area contributed by atoms with Crippen LogP contribution in [0.25, 0.3) is 21.9 Å². The van der Waals surface area contributed by atoms with Crippen molar-refractivity contribution in [3.8, 4) is 0 Å². The molecule has 1 saturated heterocycles. The summed E-state index contributed by atoms with van der Waals surface area (Å²) in [5.41, 5.74) is 2.55. The van der Waals surface area contributed by atoms with Gasteiger partial charge in [0.15, 0.2) is 6.23 Å². The molecule has 3 N–H and O–H groups in total. The Kier molecular flexibility index (Phi) is 5.23. The largest absolute Gasteiger partial charge is 0.388 e. The van der Waals surface area contributed by atoms with Gasteiger partial charge in [0.05, 0.1) is 17.0 Å². The predicted molar refractivity (Wildman–Crippen MR) is 118 cm³/mol. The highest BCUT2D eigenvalue weighted by Crippen LogP contribution is 2.34. The minimum atomic E-state index is -1.08. The quantitative estimate of drug-likeness (QED) is 0.410. The van der Waals surface area contributed by atoms with Crippen molar-refractivity contribution in [2.45, 2.75) is 37.4 Å². The summed E-state index contributed by atoms with van der Waals surface area (Å²) in [4.78, 5) is 12.8. The highest BCUT2D eigenvalue weighted by atomic mass is 35.5. The number of halogens is 1. The van der Waals surface area contributed by atoms with Crippen LogP contribution in [0.3, 0.4) is 0 Å². The molecule has 3 aromatic heterocycles. The lowest BCUT2D eigenvalue weighted by atomic mass is 10.0. The number of benzene rings is 1. The normalized spacial score (nSPS) is 23.6. The van der Waals surface area contributed by atoms with Crippen molar-refractivity contribution < 1.29 is 14.9 Å². The fourth-order valence-electron chi connectivity index (χ4n) is 4.11. The zero-order valence-electron chi connectivity index (χ0n) is 16.8. The second kappa shape index (κ2) is 8.05. The molecule has 160 valence electrons. The average Bonchev–Trinajstić information content (AvgIpc) is 3.34. The van der Waals surface area contributed by atoms with Crippen LogP contribution in [-0.4, -0.2) is 55.1 Å². The molecule has 0 bridgehead atoms. The number of aryl methyl sites for hydroxylation is 1. The molecule has 31 heavy (non-hydrogen) atoms. The number of hydrogen-bond donors (Lipinski definition) is 3. The molecular formula is C22H22ClN5O3. The Bertz CT molecular complexity index is 1250. The summed E-state index contributed by atoms with van der Waals surface area (Å²) < 4.78 is 7.75. The summed E-state index contributed by atoms with van der Waals surface area (Å²) in [6.07, 6.45) is 0.998. The Morgan fingerprint density at radius 1 is 1.13 bits per heavy atom. The van der Waals surface area contributed by atoms with Gasteiger partial charge in [0.1, 0.15) is 35.2 Å². The Balaban J connectivity index is 1.33. The summed E-state index contributed by atoms with van der Waals surface area (Å²) in [7, 11) is 1.84. The first-order valence-corrected chi connectivity index (χ1v) is 10.5. The molecule has 4 heterocycles.